The number of aliphatic hydroxyl groups is 1. The lowest BCUT2D eigenvalue weighted by Gasteiger charge is -2.22. The fourth-order valence-electron chi connectivity index (χ4n) is 2.44. The fourth-order valence-corrected chi connectivity index (χ4v) is 2.44. The first-order valence-corrected chi connectivity index (χ1v) is 8.90. The second-order valence-corrected chi connectivity index (χ2v) is 6.59. The van der Waals surface area contributed by atoms with Crippen LogP contribution < -0.4 is 10.5 Å². The van der Waals surface area contributed by atoms with Crippen molar-refractivity contribution in [3.63, 3.8) is 0 Å². The quantitative estimate of drug-likeness (QED) is 0.608. The summed E-state index contributed by atoms with van der Waals surface area (Å²) in [6.07, 6.45) is 2.65. The summed E-state index contributed by atoms with van der Waals surface area (Å²) in [5.41, 5.74) is 7.51. The Balaban J connectivity index is 2.55. The van der Waals surface area contributed by atoms with Crippen molar-refractivity contribution in [2.45, 2.75) is 53.1 Å². The molecule has 0 heterocycles. The standard InChI is InChI=1S/C19H34N2O2/c1-5-7-11-21(6-2)12-10-18(22)16-8-9-19(17(20)13-16)23-14-15(3)4/h8-9,13,15,18,22H,5-7,10-12,14,20H2,1-4H3. The topological polar surface area (TPSA) is 58.7 Å². The molecule has 4 nitrogen and oxygen atoms in total. The minimum atomic E-state index is -0.480. The third kappa shape index (κ3) is 7.23. The summed E-state index contributed by atoms with van der Waals surface area (Å²) in [4.78, 5) is 2.39. The van der Waals surface area contributed by atoms with Crippen molar-refractivity contribution >= 4 is 5.69 Å². The van der Waals surface area contributed by atoms with Gasteiger partial charge in [-0.25, -0.2) is 0 Å². The molecule has 1 aromatic rings. The van der Waals surface area contributed by atoms with Gasteiger partial charge in [-0.3, -0.25) is 0 Å². The van der Waals surface area contributed by atoms with E-state index in [0.29, 0.717) is 24.0 Å². The number of nitrogens with two attached hydrogens (primary N) is 1. The molecule has 0 saturated heterocycles. The molecule has 0 amide bonds. The Morgan fingerprint density at radius 2 is 1.96 bits per heavy atom. The van der Waals surface area contributed by atoms with Crippen molar-refractivity contribution < 1.29 is 9.84 Å². The van der Waals surface area contributed by atoms with E-state index in [9.17, 15) is 5.11 Å². The van der Waals surface area contributed by atoms with Crippen molar-refractivity contribution in [2.75, 3.05) is 32.0 Å². The monoisotopic (exact) mass is 322 g/mol. The Labute approximate surface area is 141 Å². The van der Waals surface area contributed by atoms with Crippen LogP contribution in [0, 0.1) is 5.92 Å². The van der Waals surface area contributed by atoms with Gasteiger partial charge in [-0.05, 0) is 49.5 Å². The van der Waals surface area contributed by atoms with E-state index in [4.69, 9.17) is 10.5 Å². The number of rotatable bonds is 11. The molecule has 0 bridgehead atoms. The molecule has 0 aliphatic heterocycles. The van der Waals surface area contributed by atoms with Crippen molar-refractivity contribution in [2.24, 2.45) is 5.92 Å². The Kier molecular flexibility index (Phi) is 9.03. The van der Waals surface area contributed by atoms with Crippen LogP contribution in [0.4, 0.5) is 5.69 Å². The van der Waals surface area contributed by atoms with E-state index in [2.05, 4.69) is 32.6 Å². The summed E-state index contributed by atoms with van der Waals surface area (Å²) in [6.45, 7) is 12.3. The molecule has 1 rings (SSSR count). The van der Waals surface area contributed by atoms with Gasteiger partial charge in [-0.15, -0.1) is 0 Å². The maximum absolute atomic E-state index is 10.4. The van der Waals surface area contributed by atoms with Crippen LogP contribution in [0.5, 0.6) is 5.75 Å². The number of unbranched alkanes of at least 4 members (excludes halogenated alkanes) is 1. The van der Waals surface area contributed by atoms with E-state index in [1.165, 1.54) is 12.8 Å². The second-order valence-electron chi connectivity index (χ2n) is 6.59. The average Bonchev–Trinajstić information content (AvgIpc) is 2.53. The maximum atomic E-state index is 10.4. The molecular formula is C19H34N2O2. The smallest absolute Gasteiger partial charge is 0.142 e. The molecule has 1 atom stereocenters. The van der Waals surface area contributed by atoms with Gasteiger partial charge in [0.05, 0.1) is 18.4 Å². The first kappa shape index (κ1) is 19.8. The van der Waals surface area contributed by atoms with Crippen LogP contribution in [0.25, 0.3) is 0 Å². The zero-order valence-electron chi connectivity index (χ0n) is 15.2. The van der Waals surface area contributed by atoms with Crippen LogP contribution in [0.1, 0.15) is 58.6 Å². The van der Waals surface area contributed by atoms with Crippen molar-refractivity contribution in [1.82, 2.24) is 4.90 Å². The van der Waals surface area contributed by atoms with Gasteiger partial charge in [0.15, 0.2) is 0 Å². The lowest BCUT2D eigenvalue weighted by atomic mass is 10.0. The van der Waals surface area contributed by atoms with Gasteiger partial charge in [-0.2, -0.15) is 0 Å². The molecule has 0 aromatic heterocycles. The molecule has 0 spiro atoms. The number of ether oxygens (including phenoxy) is 1. The van der Waals surface area contributed by atoms with Gasteiger partial charge in [-0.1, -0.05) is 40.2 Å². The molecule has 1 aromatic carbocycles. The summed E-state index contributed by atoms with van der Waals surface area (Å²) in [6, 6.07) is 5.62. The van der Waals surface area contributed by atoms with Crippen LogP contribution in [-0.4, -0.2) is 36.2 Å². The molecule has 0 radical (unpaired) electrons. The second kappa shape index (κ2) is 10.5. The Morgan fingerprint density at radius 3 is 2.52 bits per heavy atom. The van der Waals surface area contributed by atoms with Gasteiger partial charge in [0.1, 0.15) is 5.75 Å². The van der Waals surface area contributed by atoms with Crippen molar-refractivity contribution in [3.05, 3.63) is 23.8 Å². The van der Waals surface area contributed by atoms with Gasteiger partial charge in [0.25, 0.3) is 0 Å². The number of anilines is 1. The minimum Gasteiger partial charge on any atom is -0.491 e. The third-order valence-corrected chi connectivity index (χ3v) is 3.98. The third-order valence-electron chi connectivity index (χ3n) is 3.98. The molecule has 0 aliphatic rings. The normalized spacial score (nSPS) is 12.8. The zero-order valence-corrected chi connectivity index (χ0v) is 15.2. The van der Waals surface area contributed by atoms with E-state index >= 15 is 0 Å². The molecule has 3 N–H and O–H groups in total. The molecular weight excluding hydrogens is 288 g/mol. The summed E-state index contributed by atoms with van der Waals surface area (Å²) in [5, 5.41) is 10.4. The SMILES string of the molecule is CCCCN(CC)CCC(O)c1ccc(OCC(C)C)c(N)c1. The molecule has 0 aliphatic carbocycles. The number of hydrogen-bond donors (Lipinski definition) is 2. The number of nitrogens with zero attached hydrogens (tertiary/aromatic N) is 1. The minimum absolute atomic E-state index is 0.461. The molecule has 0 fully saturated rings. The van der Waals surface area contributed by atoms with Crippen LogP contribution in [0.15, 0.2) is 18.2 Å². The zero-order chi connectivity index (χ0) is 17.2. The predicted molar refractivity (Wildman–Crippen MR) is 97.8 cm³/mol. The van der Waals surface area contributed by atoms with Gasteiger partial charge < -0.3 is 20.5 Å². The van der Waals surface area contributed by atoms with E-state index in [1.807, 2.05) is 18.2 Å². The molecule has 23 heavy (non-hydrogen) atoms. The highest BCUT2D eigenvalue weighted by molar-refractivity contribution is 5.54. The molecule has 0 saturated carbocycles. The average molecular weight is 322 g/mol. The van der Waals surface area contributed by atoms with Gasteiger partial charge in [0, 0.05) is 6.54 Å². The van der Waals surface area contributed by atoms with Crippen LogP contribution >= 0.6 is 0 Å². The fraction of sp³-hybridized carbons (Fsp3) is 0.684. The van der Waals surface area contributed by atoms with Crippen LogP contribution in [0.2, 0.25) is 0 Å². The Morgan fingerprint density at radius 1 is 1.22 bits per heavy atom. The van der Waals surface area contributed by atoms with Gasteiger partial charge in [0.2, 0.25) is 0 Å². The maximum Gasteiger partial charge on any atom is 0.142 e. The van der Waals surface area contributed by atoms with Crippen LogP contribution in [-0.2, 0) is 0 Å². The van der Waals surface area contributed by atoms with Crippen LogP contribution in [0.3, 0.4) is 0 Å². The van der Waals surface area contributed by atoms with Crippen molar-refractivity contribution in [1.29, 1.82) is 0 Å². The van der Waals surface area contributed by atoms with E-state index in [-0.39, 0.29) is 0 Å². The molecule has 132 valence electrons. The van der Waals surface area contributed by atoms with Gasteiger partial charge >= 0.3 is 0 Å². The largest absolute Gasteiger partial charge is 0.491 e. The predicted octanol–water partition coefficient (Wildman–Crippen LogP) is 3.85. The Hall–Kier alpha value is -1.26. The highest BCUT2D eigenvalue weighted by atomic mass is 16.5. The molecule has 4 heteroatoms. The lowest BCUT2D eigenvalue weighted by Crippen LogP contribution is -2.26. The number of nitrogen functional groups attached to an aromatic ring is 1. The van der Waals surface area contributed by atoms with E-state index in [0.717, 1.165) is 31.6 Å². The highest BCUT2D eigenvalue weighted by Crippen LogP contribution is 2.27. The van der Waals surface area contributed by atoms with E-state index < -0.39 is 6.10 Å². The first-order chi connectivity index (χ1) is 11.0. The number of hydrogen-bond acceptors (Lipinski definition) is 4. The summed E-state index contributed by atoms with van der Waals surface area (Å²) >= 11 is 0. The summed E-state index contributed by atoms with van der Waals surface area (Å²) in [7, 11) is 0. The highest BCUT2D eigenvalue weighted by Gasteiger charge is 2.12. The van der Waals surface area contributed by atoms with Crippen molar-refractivity contribution in [3.8, 4) is 5.75 Å². The number of aliphatic hydroxyl groups excluding tert-OH is 1. The summed E-state index contributed by atoms with van der Waals surface area (Å²) < 4.78 is 5.68. The lowest BCUT2D eigenvalue weighted by molar-refractivity contribution is 0.143. The first-order valence-electron chi connectivity index (χ1n) is 8.90. The number of benzene rings is 1. The van der Waals surface area contributed by atoms with E-state index in [1.54, 1.807) is 0 Å². The summed E-state index contributed by atoms with van der Waals surface area (Å²) in [5.74, 6) is 1.16. The Bertz CT molecular complexity index is 449. The molecule has 1 unspecified atom stereocenters.